The first kappa shape index (κ1) is 47.8. The summed E-state index contributed by atoms with van der Waals surface area (Å²) in [7, 11) is 0. The second-order valence-electron chi connectivity index (χ2n) is 16.9. The van der Waals surface area contributed by atoms with Crippen LogP contribution in [-0.4, -0.2) is 61.7 Å². The molecule has 1 heterocycles. The van der Waals surface area contributed by atoms with Crippen LogP contribution in [0.5, 0.6) is 11.5 Å². The normalized spacial score (nSPS) is 25.3. The Morgan fingerprint density at radius 1 is 0.721 bits per heavy atom. The summed E-state index contributed by atoms with van der Waals surface area (Å²) in [5, 5.41) is 0. The number of fused-ring (bicyclic) bond motifs is 1. The minimum Gasteiger partial charge on any atom is -0.470 e. The molecule has 13 nitrogen and oxygen atoms in total. The minimum atomic E-state index is -0.735. The number of thioether (sulfide) groups is 2. The number of rotatable bonds is 17. The fraction of sp³-hybridized carbons (Fsp3) is 0.630. The Kier molecular flexibility index (Phi) is 18.2. The van der Waals surface area contributed by atoms with Crippen molar-refractivity contribution in [1.82, 2.24) is 0 Å². The van der Waals surface area contributed by atoms with E-state index in [-0.39, 0.29) is 90.6 Å². The molecule has 3 aliphatic carbocycles. The number of benzene rings is 1. The van der Waals surface area contributed by atoms with Crippen LogP contribution in [0.25, 0.3) is 4.85 Å². The first-order valence-electron chi connectivity index (χ1n) is 21.7. The zero-order valence-corrected chi connectivity index (χ0v) is 37.4. The quantitative estimate of drug-likeness (QED) is 0.0478. The number of hydrogen-bond donors (Lipinski definition) is 0. The molecule has 61 heavy (non-hydrogen) atoms. The van der Waals surface area contributed by atoms with Crippen molar-refractivity contribution in [2.75, 3.05) is 19.8 Å². The number of nitrogens with zero attached hydrogens (tertiary/aromatic N) is 1. The van der Waals surface area contributed by atoms with Crippen LogP contribution in [0.1, 0.15) is 118 Å². The number of ether oxygens (including phenoxy) is 6. The third-order valence-corrected chi connectivity index (χ3v) is 14.7. The van der Waals surface area contributed by atoms with E-state index in [1.165, 1.54) is 0 Å². The Morgan fingerprint density at radius 3 is 1.74 bits per heavy atom. The lowest BCUT2D eigenvalue weighted by Gasteiger charge is -2.30. The summed E-state index contributed by atoms with van der Waals surface area (Å²) in [5.41, 5.74) is -0.183. The van der Waals surface area contributed by atoms with Crippen LogP contribution in [0.4, 0.5) is 0 Å². The van der Waals surface area contributed by atoms with Crippen molar-refractivity contribution in [2.24, 2.45) is 41.4 Å². The van der Waals surface area contributed by atoms with Crippen LogP contribution in [-0.2, 0) is 47.7 Å². The molecule has 2 atom stereocenters. The Labute approximate surface area is 367 Å². The van der Waals surface area contributed by atoms with Crippen molar-refractivity contribution < 1.29 is 57.2 Å². The van der Waals surface area contributed by atoms with Crippen molar-refractivity contribution in [2.45, 2.75) is 133 Å². The largest absolute Gasteiger partial charge is 0.470 e. The number of hydrogen-bond acceptors (Lipinski definition) is 14. The van der Waals surface area contributed by atoms with E-state index in [0.29, 0.717) is 77.7 Å². The molecule has 4 aliphatic rings. The molecule has 0 radical (unpaired) electrons. The van der Waals surface area contributed by atoms with Gasteiger partial charge in [-0.25, -0.2) is 9.64 Å². The average molecular weight is 882 g/mol. The SMILES string of the molecule is [C-]#[N+]/C(C(=O)OC[C@H](C)CC)=C1/Sc2c(OC(=O)C3CCC(C)CC3)ccc(OC(=O)C3CCC(OC(=O)C4CCC(C(=O)OC[C@@H](C)CCOC(=O)C=C)CC4)CC3)c2S1. The molecule has 0 aromatic heterocycles. The van der Waals surface area contributed by atoms with E-state index in [1.54, 1.807) is 12.1 Å². The van der Waals surface area contributed by atoms with Crippen molar-refractivity contribution >= 4 is 59.3 Å². The average Bonchev–Trinajstić information content (AvgIpc) is 3.72. The molecule has 3 fully saturated rings. The summed E-state index contributed by atoms with van der Waals surface area (Å²) >= 11 is 2.25. The lowest BCUT2D eigenvalue weighted by Crippen LogP contribution is -2.33. The standard InChI is InChI=1S/C46H59NO12S2/c1-7-27(3)25-56-45(53)38(47-6)46-60-39-35(58-43(51)31-11-9-28(4)10-12-31)21-22-36(40(39)61-46)59-44(52)33-17-19-34(20-18-33)57-42(50)32-15-13-30(14-16-32)41(49)55-26-29(5)23-24-54-37(48)8-2/h8,21-22,27-34H,2,7,9-20,23-26H2,1,3-5H3/b46-38-/t27-,28?,29+,30?,31?,32?,33?,34?/m1/s1. The summed E-state index contributed by atoms with van der Waals surface area (Å²) in [6, 6.07) is 3.19. The maximum Gasteiger partial charge on any atom is 0.338 e. The van der Waals surface area contributed by atoms with Gasteiger partial charge in [-0.2, -0.15) is 0 Å². The van der Waals surface area contributed by atoms with Gasteiger partial charge in [-0.15, -0.1) is 0 Å². The summed E-state index contributed by atoms with van der Waals surface area (Å²) in [6.07, 6.45) is 9.57. The van der Waals surface area contributed by atoms with E-state index in [0.717, 1.165) is 61.7 Å². The smallest absolute Gasteiger partial charge is 0.338 e. The Bertz CT molecular complexity index is 1850. The van der Waals surface area contributed by atoms with Gasteiger partial charge in [0, 0.05) is 6.08 Å². The molecule has 1 aromatic rings. The predicted octanol–water partition coefficient (Wildman–Crippen LogP) is 9.41. The van der Waals surface area contributed by atoms with E-state index < -0.39 is 23.8 Å². The molecular formula is C46H59NO12S2. The van der Waals surface area contributed by atoms with Gasteiger partial charge in [-0.1, -0.05) is 64.2 Å². The van der Waals surface area contributed by atoms with E-state index in [9.17, 15) is 28.8 Å². The first-order chi connectivity index (χ1) is 29.3. The van der Waals surface area contributed by atoms with Crippen LogP contribution in [0.2, 0.25) is 0 Å². The lowest BCUT2D eigenvalue weighted by atomic mass is 9.82. The summed E-state index contributed by atoms with van der Waals surface area (Å²) in [6.45, 7) is 19.8. The Morgan fingerprint density at radius 2 is 1.21 bits per heavy atom. The van der Waals surface area contributed by atoms with Crippen LogP contribution in [0.15, 0.2) is 44.5 Å². The van der Waals surface area contributed by atoms with Crippen molar-refractivity contribution in [1.29, 1.82) is 0 Å². The van der Waals surface area contributed by atoms with Crippen molar-refractivity contribution in [3.63, 3.8) is 0 Å². The molecule has 1 aromatic carbocycles. The minimum absolute atomic E-state index is 0.0243. The van der Waals surface area contributed by atoms with Gasteiger partial charge < -0.3 is 28.4 Å². The third-order valence-electron chi connectivity index (χ3n) is 12.1. The van der Waals surface area contributed by atoms with E-state index in [4.69, 9.17) is 35.0 Å². The molecule has 0 saturated heterocycles. The highest BCUT2D eigenvalue weighted by atomic mass is 32.2. The van der Waals surface area contributed by atoms with Crippen LogP contribution >= 0.6 is 23.5 Å². The summed E-state index contributed by atoms with van der Waals surface area (Å²) < 4.78 is 34.2. The van der Waals surface area contributed by atoms with Crippen LogP contribution < -0.4 is 9.47 Å². The maximum atomic E-state index is 13.6. The Balaban J connectivity index is 1.13. The van der Waals surface area contributed by atoms with Gasteiger partial charge in [-0.05, 0) is 113 Å². The molecule has 0 unspecified atom stereocenters. The molecule has 332 valence electrons. The van der Waals surface area contributed by atoms with Crippen LogP contribution in [0.3, 0.4) is 0 Å². The first-order valence-corrected chi connectivity index (χ1v) is 23.3. The molecule has 1 aliphatic heterocycles. The molecule has 0 amide bonds. The third kappa shape index (κ3) is 13.6. The van der Waals surface area contributed by atoms with Crippen LogP contribution in [0, 0.1) is 48.0 Å². The van der Waals surface area contributed by atoms with Crippen molar-refractivity contribution in [3.05, 3.63) is 46.1 Å². The molecule has 0 N–H and O–H groups in total. The van der Waals surface area contributed by atoms with Gasteiger partial charge in [0.2, 0.25) is 0 Å². The zero-order valence-electron chi connectivity index (χ0n) is 35.7. The zero-order chi connectivity index (χ0) is 44.1. The topological polar surface area (TPSA) is 162 Å². The highest BCUT2D eigenvalue weighted by molar-refractivity contribution is 8.24. The second kappa shape index (κ2) is 23.2. The predicted molar refractivity (Wildman–Crippen MR) is 228 cm³/mol. The molecule has 15 heteroatoms. The van der Waals surface area contributed by atoms with E-state index in [2.05, 4.69) is 18.3 Å². The van der Waals surface area contributed by atoms with Gasteiger partial charge in [0.25, 0.3) is 5.70 Å². The van der Waals surface area contributed by atoms with Gasteiger partial charge in [0.15, 0.2) is 0 Å². The maximum absolute atomic E-state index is 13.6. The Hall–Kier alpha value is -4.29. The van der Waals surface area contributed by atoms with Crippen molar-refractivity contribution in [3.8, 4) is 11.5 Å². The highest BCUT2D eigenvalue weighted by Crippen LogP contribution is 2.59. The van der Waals surface area contributed by atoms with E-state index in [1.807, 2.05) is 20.8 Å². The molecule has 3 saturated carbocycles. The monoisotopic (exact) mass is 881 g/mol. The highest BCUT2D eigenvalue weighted by Gasteiger charge is 2.37. The molecule has 5 rings (SSSR count). The summed E-state index contributed by atoms with van der Waals surface area (Å²) in [5.74, 6) is -2.55. The van der Waals surface area contributed by atoms with E-state index >= 15 is 0 Å². The van der Waals surface area contributed by atoms with Gasteiger partial charge in [0.05, 0.1) is 64.1 Å². The number of esters is 6. The molecule has 0 spiro atoms. The fourth-order valence-corrected chi connectivity index (χ4v) is 10.3. The van der Waals surface area contributed by atoms with Gasteiger partial charge >= 0.3 is 35.8 Å². The fourth-order valence-electron chi connectivity index (χ4n) is 7.73. The van der Waals surface area contributed by atoms with Gasteiger partial charge in [0.1, 0.15) is 17.6 Å². The summed E-state index contributed by atoms with van der Waals surface area (Å²) in [4.78, 5) is 81.5. The van der Waals surface area contributed by atoms with Gasteiger partial charge in [-0.3, -0.25) is 24.0 Å². The molecule has 0 bridgehead atoms. The number of carbonyl (C=O) groups excluding carboxylic acids is 6. The lowest BCUT2D eigenvalue weighted by molar-refractivity contribution is -0.161. The second-order valence-corrected chi connectivity index (χ2v) is 19.2. The number of carbonyl (C=O) groups is 6. The molecular weight excluding hydrogens is 823 g/mol.